The van der Waals surface area contributed by atoms with Crippen molar-refractivity contribution < 1.29 is 20.4 Å². The Balaban J connectivity index is 1.99. The number of rotatable bonds is 11. The predicted octanol–water partition coefficient (Wildman–Crippen LogP) is 7.98. The number of phenolic OH excluding ortho intramolecular Hbond substituents is 2. The standard InChI is InChI=1S/C39H48O4/c1-27(2)39(32-16-20-34(42)21-17-32,33-18-22-35(43)23-19-33)24-38(7,30-12-8-28(9-13-30)36(3,4)25-40)31-14-10-29(11-15-31)37(5,6)26-41/h8-23,27,40-43H,24-26H2,1-7H3. The third-order valence-electron chi connectivity index (χ3n) is 9.78. The van der Waals surface area contributed by atoms with Crippen LogP contribution in [-0.4, -0.2) is 33.6 Å². The molecule has 0 spiro atoms. The van der Waals surface area contributed by atoms with Crippen molar-refractivity contribution in [1.29, 1.82) is 0 Å². The minimum Gasteiger partial charge on any atom is -0.508 e. The highest BCUT2D eigenvalue weighted by atomic mass is 16.3. The molecule has 4 aromatic rings. The lowest BCUT2D eigenvalue weighted by molar-refractivity contribution is 0.218. The number of benzene rings is 4. The molecule has 0 aliphatic heterocycles. The molecule has 0 radical (unpaired) electrons. The highest BCUT2D eigenvalue weighted by Crippen LogP contribution is 2.51. The normalized spacial score (nSPS) is 13.0. The largest absolute Gasteiger partial charge is 0.508 e. The fraction of sp³-hybridized carbons (Fsp3) is 0.385. The Morgan fingerprint density at radius 1 is 0.465 bits per heavy atom. The highest BCUT2D eigenvalue weighted by Gasteiger charge is 2.45. The van der Waals surface area contributed by atoms with Gasteiger partial charge >= 0.3 is 0 Å². The molecule has 0 heterocycles. The average molecular weight is 581 g/mol. The van der Waals surface area contributed by atoms with Crippen molar-refractivity contribution in [1.82, 2.24) is 0 Å². The Hall–Kier alpha value is -3.60. The van der Waals surface area contributed by atoms with E-state index < -0.39 is 10.8 Å². The lowest BCUT2D eigenvalue weighted by Gasteiger charge is -2.46. The van der Waals surface area contributed by atoms with Gasteiger partial charge in [0, 0.05) is 21.7 Å². The summed E-state index contributed by atoms with van der Waals surface area (Å²) in [5, 5.41) is 40.5. The van der Waals surface area contributed by atoms with Crippen molar-refractivity contribution in [2.45, 2.75) is 76.5 Å². The molecule has 43 heavy (non-hydrogen) atoms. The van der Waals surface area contributed by atoms with Crippen LogP contribution in [0.1, 0.15) is 88.3 Å². The van der Waals surface area contributed by atoms with Crippen molar-refractivity contribution in [3.05, 3.63) is 130 Å². The smallest absolute Gasteiger partial charge is 0.115 e. The summed E-state index contributed by atoms with van der Waals surface area (Å²) in [7, 11) is 0. The molecule has 228 valence electrons. The number of hydrogen-bond donors (Lipinski definition) is 4. The van der Waals surface area contributed by atoms with E-state index in [0.29, 0.717) is 6.42 Å². The molecule has 4 heteroatoms. The first-order valence-electron chi connectivity index (χ1n) is 15.2. The van der Waals surface area contributed by atoms with Gasteiger partial charge in [0.15, 0.2) is 0 Å². The highest BCUT2D eigenvalue weighted by molar-refractivity contribution is 5.49. The Morgan fingerprint density at radius 2 is 0.744 bits per heavy atom. The maximum atomic E-state index is 10.2. The van der Waals surface area contributed by atoms with Crippen molar-refractivity contribution in [2.75, 3.05) is 13.2 Å². The fourth-order valence-electron chi connectivity index (χ4n) is 6.45. The van der Waals surface area contributed by atoms with E-state index in [-0.39, 0.29) is 41.5 Å². The molecule has 0 fully saturated rings. The Labute approximate surface area is 257 Å². The number of aromatic hydroxyl groups is 2. The van der Waals surface area contributed by atoms with E-state index in [9.17, 15) is 20.4 Å². The van der Waals surface area contributed by atoms with Gasteiger partial charge in [0.05, 0.1) is 13.2 Å². The number of aliphatic hydroxyl groups excluding tert-OH is 2. The molecule has 4 rings (SSSR count). The van der Waals surface area contributed by atoms with Crippen molar-refractivity contribution in [2.24, 2.45) is 5.92 Å². The molecule has 4 nitrogen and oxygen atoms in total. The van der Waals surface area contributed by atoms with E-state index in [2.05, 4.69) is 69.3 Å². The summed E-state index contributed by atoms with van der Waals surface area (Å²) in [6, 6.07) is 32.4. The molecule has 0 aliphatic rings. The van der Waals surface area contributed by atoms with Crippen LogP contribution in [0.15, 0.2) is 97.1 Å². The van der Waals surface area contributed by atoms with Gasteiger partial charge < -0.3 is 20.4 Å². The third kappa shape index (κ3) is 6.23. The number of hydrogen-bond acceptors (Lipinski definition) is 4. The van der Waals surface area contributed by atoms with Gasteiger partial charge in [0.2, 0.25) is 0 Å². The summed E-state index contributed by atoms with van der Waals surface area (Å²) in [5.41, 5.74) is 4.98. The quantitative estimate of drug-likeness (QED) is 0.145. The Morgan fingerprint density at radius 3 is 1.02 bits per heavy atom. The Kier molecular flexibility index (Phi) is 9.16. The topological polar surface area (TPSA) is 80.9 Å². The van der Waals surface area contributed by atoms with Gasteiger partial charge in [-0.25, -0.2) is 0 Å². The lowest BCUT2D eigenvalue weighted by Crippen LogP contribution is -2.42. The second-order valence-corrected chi connectivity index (χ2v) is 14.0. The molecule has 0 saturated heterocycles. The monoisotopic (exact) mass is 580 g/mol. The van der Waals surface area contributed by atoms with Crippen LogP contribution in [0, 0.1) is 5.92 Å². The zero-order valence-corrected chi connectivity index (χ0v) is 26.7. The van der Waals surface area contributed by atoms with E-state index in [1.807, 2.05) is 52.0 Å². The van der Waals surface area contributed by atoms with Crippen LogP contribution in [0.3, 0.4) is 0 Å². The first-order chi connectivity index (χ1) is 20.2. The van der Waals surface area contributed by atoms with E-state index in [1.54, 1.807) is 24.3 Å². The van der Waals surface area contributed by atoms with Gasteiger partial charge in [-0.15, -0.1) is 0 Å². The van der Waals surface area contributed by atoms with Crippen LogP contribution in [0.5, 0.6) is 11.5 Å². The molecular weight excluding hydrogens is 532 g/mol. The second kappa shape index (κ2) is 12.2. The number of phenols is 2. The molecule has 0 bridgehead atoms. The van der Waals surface area contributed by atoms with Crippen molar-refractivity contribution >= 4 is 0 Å². The maximum absolute atomic E-state index is 10.2. The van der Waals surface area contributed by atoms with Gasteiger partial charge in [-0.1, -0.05) is 121 Å². The van der Waals surface area contributed by atoms with E-state index in [1.165, 1.54) is 0 Å². The van der Waals surface area contributed by atoms with Gasteiger partial charge in [0.25, 0.3) is 0 Å². The molecule has 0 aromatic heterocycles. The molecule has 0 unspecified atom stereocenters. The summed E-state index contributed by atoms with van der Waals surface area (Å²) in [6.07, 6.45) is 0.707. The van der Waals surface area contributed by atoms with Gasteiger partial charge in [-0.3, -0.25) is 0 Å². The summed E-state index contributed by atoms with van der Waals surface area (Å²) < 4.78 is 0. The van der Waals surface area contributed by atoms with Crippen LogP contribution in [0.2, 0.25) is 0 Å². The zero-order valence-electron chi connectivity index (χ0n) is 26.7. The van der Waals surface area contributed by atoms with Gasteiger partial charge in [-0.05, 0) is 70.0 Å². The minimum absolute atomic E-state index is 0.0594. The van der Waals surface area contributed by atoms with Crippen molar-refractivity contribution in [3.8, 4) is 11.5 Å². The van der Waals surface area contributed by atoms with Crippen LogP contribution in [0.25, 0.3) is 0 Å². The Bertz CT molecular complexity index is 1370. The number of aliphatic hydroxyl groups is 2. The fourth-order valence-corrected chi connectivity index (χ4v) is 6.45. The maximum Gasteiger partial charge on any atom is 0.115 e. The van der Waals surface area contributed by atoms with Gasteiger partial charge in [0.1, 0.15) is 11.5 Å². The first-order valence-corrected chi connectivity index (χ1v) is 15.2. The third-order valence-corrected chi connectivity index (χ3v) is 9.78. The van der Waals surface area contributed by atoms with E-state index in [4.69, 9.17) is 0 Å². The minimum atomic E-state index is -0.484. The van der Waals surface area contributed by atoms with E-state index in [0.717, 1.165) is 33.4 Å². The average Bonchev–Trinajstić information content (AvgIpc) is 3.00. The van der Waals surface area contributed by atoms with Crippen LogP contribution in [0.4, 0.5) is 0 Å². The molecule has 0 saturated carbocycles. The molecule has 0 atom stereocenters. The molecule has 4 aromatic carbocycles. The van der Waals surface area contributed by atoms with Crippen molar-refractivity contribution in [3.63, 3.8) is 0 Å². The summed E-state index contributed by atoms with van der Waals surface area (Å²) in [5.74, 6) is 0.596. The summed E-state index contributed by atoms with van der Waals surface area (Å²) >= 11 is 0. The second-order valence-electron chi connectivity index (χ2n) is 14.0. The SMILES string of the molecule is CC(C)C(CC(C)(c1ccc(C(C)(C)CO)cc1)c1ccc(C(C)(C)CO)cc1)(c1ccc(O)cc1)c1ccc(O)cc1. The zero-order chi connectivity index (χ0) is 31.6. The lowest BCUT2D eigenvalue weighted by atomic mass is 9.56. The van der Waals surface area contributed by atoms with Crippen LogP contribution >= 0.6 is 0 Å². The summed E-state index contributed by atoms with van der Waals surface area (Å²) in [6.45, 7) is 15.1. The van der Waals surface area contributed by atoms with E-state index >= 15 is 0 Å². The molecule has 4 N–H and O–H groups in total. The predicted molar refractivity (Wildman–Crippen MR) is 176 cm³/mol. The summed E-state index contributed by atoms with van der Waals surface area (Å²) in [4.78, 5) is 0. The van der Waals surface area contributed by atoms with Crippen LogP contribution < -0.4 is 0 Å². The first kappa shape index (κ1) is 32.3. The van der Waals surface area contributed by atoms with Gasteiger partial charge in [-0.2, -0.15) is 0 Å². The van der Waals surface area contributed by atoms with Crippen LogP contribution in [-0.2, 0) is 21.7 Å². The molecular formula is C39H48O4. The molecule has 0 amide bonds. The molecule has 0 aliphatic carbocycles.